The van der Waals surface area contributed by atoms with Gasteiger partial charge in [0.2, 0.25) is 5.13 Å². The molecular weight excluding hydrogens is 387 g/mol. The predicted octanol–water partition coefficient (Wildman–Crippen LogP) is 4.57. The molecule has 0 aliphatic carbocycles. The molecule has 0 atom stereocenters. The summed E-state index contributed by atoms with van der Waals surface area (Å²) in [5, 5.41) is 33.1. The van der Waals surface area contributed by atoms with E-state index in [1.54, 1.807) is 12.1 Å². The fourth-order valence-electron chi connectivity index (χ4n) is 1.92. The van der Waals surface area contributed by atoms with Gasteiger partial charge in [0.1, 0.15) is 11.5 Å². The van der Waals surface area contributed by atoms with E-state index in [0.717, 1.165) is 11.3 Å². The van der Waals surface area contributed by atoms with Gasteiger partial charge in [0, 0.05) is 10.7 Å². The van der Waals surface area contributed by atoms with Crippen molar-refractivity contribution in [3.05, 3.63) is 46.4 Å². The van der Waals surface area contributed by atoms with E-state index in [4.69, 9.17) is 23.2 Å². The molecule has 7 nitrogen and oxygen atoms in total. The molecule has 0 spiro atoms. The van der Waals surface area contributed by atoms with Crippen LogP contribution in [0.15, 0.2) is 36.4 Å². The van der Waals surface area contributed by atoms with Crippen LogP contribution in [0.25, 0.3) is 10.6 Å². The molecule has 0 saturated carbocycles. The molecule has 25 heavy (non-hydrogen) atoms. The zero-order valence-electron chi connectivity index (χ0n) is 12.3. The van der Waals surface area contributed by atoms with Gasteiger partial charge in [0.25, 0.3) is 0 Å². The maximum atomic E-state index is 12.0. The normalized spacial score (nSPS) is 10.5. The zero-order chi connectivity index (χ0) is 18.0. The molecule has 2 amide bonds. The summed E-state index contributed by atoms with van der Waals surface area (Å²) in [5.74, 6) is -0.0676. The Hall–Kier alpha value is -2.55. The lowest BCUT2D eigenvalue weighted by Gasteiger charge is -2.05. The minimum absolute atomic E-state index is 0.0947. The number of carbonyl (C=O) groups excluding carboxylic acids is 1. The number of nitrogens with zero attached hydrogens (tertiary/aromatic N) is 2. The van der Waals surface area contributed by atoms with Crippen LogP contribution in [-0.2, 0) is 0 Å². The van der Waals surface area contributed by atoms with Crippen LogP contribution in [-0.4, -0.2) is 26.4 Å². The van der Waals surface area contributed by atoms with Gasteiger partial charge in [-0.1, -0.05) is 34.5 Å². The second kappa shape index (κ2) is 7.14. The van der Waals surface area contributed by atoms with Crippen LogP contribution in [0.4, 0.5) is 15.6 Å². The van der Waals surface area contributed by atoms with Crippen molar-refractivity contribution in [1.29, 1.82) is 0 Å². The monoisotopic (exact) mass is 396 g/mol. The summed E-state index contributed by atoms with van der Waals surface area (Å²) < 4.78 is 0. The lowest BCUT2D eigenvalue weighted by Crippen LogP contribution is -2.19. The average molecular weight is 397 g/mol. The Balaban J connectivity index is 1.73. The van der Waals surface area contributed by atoms with Gasteiger partial charge in [0.15, 0.2) is 5.01 Å². The highest BCUT2D eigenvalue weighted by atomic mass is 35.5. The van der Waals surface area contributed by atoms with Gasteiger partial charge in [-0.25, -0.2) is 4.79 Å². The van der Waals surface area contributed by atoms with Crippen molar-refractivity contribution < 1.29 is 15.0 Å². The van der Waals surface area contributed by atoms with E-state index in [0.29, 0.717) is 21.3 Å². The topological polar surface area (TPSA) is 107 Å². The van der Waals surface area contributed by atoms with E-state index in [1.165, 1.54) is 24.3 Å². The van der Waals surface area contributed by atoms with Crippen molar-refractivity contribution >= 4 is 51.4 Å². The van der Waals surface area contributed by atoms with Crippen LogP contribution in [0, 0.1) is 0 Å². The number of hydrogen-bond acceptors (Lipinski definition) is 6. The molecule has 1 aromatic heterocycles. The maximum Gasteiger partial charge on any atom is 0.325 e. The Morgan fingerprint density at radius 1 is 1.04 bits per heavy atom. The number of urea groups is 1. The number of nitrogens with one attached hydrogen (secondary N) is 2. The van der Waals surface area contributed by atoms with Crippen molar-refractivity contribution in [1.82, 2.24) is 10.2 Å². The first-order valence-corrected chi connectivity index (χ1v) is 8.38. The summed E-state index contributed by atoms with van der Waals surface area (Å²) in [4.78, 5) is 12.0. The number of hydrogen-bond donors (Lipinski definition) is 4. The quantitative estimate of drug-likeness (QED) is 0.485. The third-order valence-electron chi connectivity index (χ3n) is 3.03. The Morgan fingerprint density at radius 3 is 2.48 bits per heavy atom. The lowest BCUT2D eigenvalue weighted by molar-refractivity contribution is 0.262. The van der Waals surface area contributed by atoms with Gasteiger partial charge >= 0.3 is 6.03 Å². The van der Waals surface area contributed by atoms with Crippen molar-refractivity contribution in [3.63, 3.8) is 0 Å². The standard InChI is InChI=1S/C15H10Cl2N4O3S/c16-7-5-10(12(23)11(17)6-7)13-20-21-15(25-13)19-14(24)18-8-1-3-9(22)4-2-8/h1-6,22-23H,(H2,18,19,21,24). The van der Waals surface area contributed by atoms with Crippen LogP contribution in [0.5, 0.6) is 11.5 Å². The molecule has 0 radical (unpaired) electrons. The minimum atomic E-state index is -0.526. The smallest absolute Gasteiger partial charge is 0.325 e. The van der Waals surface area contributed by atoms with Crippen molar-refractivity contribution in [2.45, 2.75) is 0 Å². The van der Waals surface area contributed by atoms with Gasteiger partial charge in [-0.15, -0.1) is 10.2 Å². The van der Waals surface area contributed by atoms with Gasteiger partial charge in [-0.3, -0.25) is 5.32 Å². The zero-order valence-corrected chi connectivity index (χ0v) is 14.7. The number of benzene rings is 2. The molecule has 0 aliphatic rings. The number of phenols is 2. The summed E-state index contributed by atoms with van der Waals surface area (Å²) in [7, 11) is 0. The predicted molar refractivity (Wildman–Crippen MR) is 97.8 cm³/mol. The first kappa shape index (κ1) is 17.3. The third-order valence-corrected chi connectivity index (χ3v) is 4.41. The highest BCUT2D eigenvalue weighted by Crippen LogP contribution is 2.39. The summed E-state index contributed by atoms with van der Waals surface area (Å²) in [6.07, 6.45) is 0. The van der Waals surface area contributed by atoms with Gasteiger partial charge in [-0.05, 0) is 36.4 Å². The average Bonchev–Trinajstić information content (AvgIpc) is 3.01. The van der Waals surface area contributed by atoms with Gasteiger partial charge in [0.05, 0.1) is 10.6 Å². The minimum Gasteiger partial charge on any atom is -0.508 e. The summed E-state index contributed by atoms with van der Waals surface area (Å²) in [5.41, 5.74) is 0.821. The highest BCUT2D eigenvalue weighted by molar-refractivity contribution is 7.18. The molecule has 0 bridgehead atoms. The van der Waals surface area contributed by atoms with Crippen LogP contribution in [0.3, 0.4) is 0 Å². The third kappa shape index (κ3) is 4.11. The SMILES string of the molecule is O=C(Nc1ccc(O)cc1)Nc1nnc(-c2cc(Cl)cc(Cl)c2O)s1. The maximum absolute atomic E-state index is 12.0. The van der Waals surface area contributed by atoms with Crippen LogP contribution in [0.2, 0.25) is 10.0 Å². The molecule has 10 heteroatoms. The number of aromatic hydroxyl groups is 2. The molecule has 4 N–H and O–H groups in total. The highest BCUT2D eigenvalue weighted by Gasteiger charge is 2.15. The first-order valence-electron chi connectivity index (χ1n) is 6.81. The fourth-order valence-corrected chi connectivity index (χ4v) is 3.16. The molecule has 1 heterocycles. The lowest BCUT2D eigenvalue weighted by atomic mass is 10.2. The Labute approximate surface area is 155 Å². The Bertz CT molecular complexity index is 931. The molecule has 2 aromatic carbocycles. The number of anilines is 2. The largest absolute Gasteiger partial charge is 0.508 e. The summed E-state index contributed by atoms with van der Waals surface area (Å²) in [6, 6.07) is 8.38. The fraction of sp³-hybridized carbons (Fsp3) is 0. The van der Waals surface area contributed by atoms with Gasteiger partial charge in [-0.2, -0.15) is 0 Å². The van der Waals surface area contributed by atoms with E-state index < -0.39 is 6.03 Å². The van der Waals surface area contributed by atoms with E-state index in [1.807, 2.05) is 0 Å². The number of carbonyl (C=O) groups is 1. The molecule has 3 aromatic rings. The van der Waals surface area contributed by atoms with Crippen molar-refractivity contribution in [2.24, 2.45) is 0 Å². The Kier molecular flexibility index (Phi) is 4.93. The Morgan fingerprint density at radius 2 is 1.76 bits per heavy atom. The summed E-state index contributed by atoms with van der Waals surface area (Å²) in [6.45, 7) is 0. The van der Waals surface area contributed by atoms with E-state index in [9.17, 15) is 15.0 Å². The number of phenolic OH excluding ortho intramolecular Hbond substituents is 2. The van der Waals surface area contributed by atoms with E-state index >= 15 is 0 Å². The number of rotatable bonds is 3. The molecular formula is C15H10Cl2N4O3S. The molecule has 128 valence electrons. The molecule has 0 fully saturated rings. The number of aromatic nitrogens is 2. The molecule has 0 unspecified atom stereocenters. The van der Waals surface area contributed by atoms with E-state index in [-0.39, 0.29) is 21.7 Å². The molecule has 0 saturated heterocycles. The molecule has 3 rings (SSSR count). The van der Waals surface area contributed by atoms with Gasteiger partial charge < -0.3 is 15.5 Å². The van der Waals surface area contributed by atoms with Crippen LogP contribution >= 0.6 is 34.5 Å². The van der Waals surface area contributed by atoms with Crippen LogP contribution in [0.1, 0.15) is 0 Å². The first-order chi connectivity index (χ1) is 11.9. The summed E-state index contributed by atoms with van der Waals surface area (Å²) >= 11 is 12.9. The van der Waals surface area contributed by atoms with Crippen molar-refractivity contribution in [3.8, 4) is 22.1 Å². The second-order valence-electron chi connectivity index (χ2n) is 4.82. The van der Waals surface area contributed by atoms with E-state index in [2.05, 4.69) is 20.8 Å². The van der Waals surface area contributed by atoms with Crippen molar-refractivity contribution in [2.75, 3.05) is 10.6 Å². The van der Waals surface area contributed by atoms with Crippen LogP contribution < -0.4 is 10.6 Å². The second-order valence-corrected chi connectivity index (χ2v) is 6.64. The number of halogens is 2. The number of amides is 2. The molecule has 0 aliphatic heterocycles.